The first-order valence-corrected chi connectivity index (χ1v) is 12.2. The van der Waals surface area contributed by atoms with Crippen molar-refractivity contribution >= 4 is 34.4 Å². The highest BCUT2D eigenvalue weighted by Crippen LogP contribution is 2.40. The van der Waals surface area contributed by atoms with Gasteiger partial charge in [0.05, 0.1) is 22.4 Å². The Morgan fingerprint density at radius 3 is 2.61 bits per heavy atom. The van der Waals surface area contributed by atoms with Crippen LogP contribution < -0.4 is 11.1 Å². The number of para-hydroxylation sites is 2. The zero-order valence-electron chi connectivity index (χ0n) is 20.4. The van der Waals surface area contributed by atoms with Crippen LogP contribution in [0.4, 0.5) is 15.8 Å². The van der Waals surface area contributed by atoms with E-state index < -0.39 is 0 Å². The van der Waals surface area contributed by atoms with Crippen molar-refractivity contribution in [2.24, 2.45) is 0 Å². The molecule has 1 aromatic heterocycles. The van der Waals surface area contributed by atoms with E-state index in [1.807, 2.05) is 24.3 Å². The summed E-state index contributed by atoms with van der Waals surface area (Å²) in [4.78, 5) is 22.9. The van der Waals surface area contributed by atoms with Crippen molar-refractivity contribution in [1.82, 2.24) is 14.9 Å². The lowest BCUT2D eigenvalue weighted by atomic mass is 9.88. The molecule has 5 rings (SSSR count). The van der Waals surface area contributed by atoms with Gasteiger partial charge in [0.25, 0.3) is 0 Å². The number of carbonyl (C=O) groups is 1. The molecule has 0 bridgehead atoms. The van der Waals surface area contributed by atoms with Crippen LogP contribution >= 0.6 is 0 Å². The van der Waals surface area contributed by atoms with Crippen LogP contribution in [0.25, 0.3) is 17.1 Å². The molecule has 1 fully saturated rings. The average molecular weight is 484 g/mol. The number of amides is 1. The Balaban J connectivity index is 1.34. The lowest BCUT2D eigenvalue weighted by Gasteiger charge is -2.20. The highest BCUT2D eigenvalue weighted by molar-refractivity contribution is 6.03. The number of hydrogen-bond acceptors (Lipinski definition) is 4. The van der Waals surface area contributed by atoms with E-state index in [-0.39, 0.29) is 23.6 Å². The average Bonchev–Trinajstić information content (AvgIpc) is 3.49. The number of fused-ring (bicyclic) bond motifs is 1. The Morgan fingerprint density at radius 2 is 1.86 bits per heavy atom. The molecule has 2 unspecified atom stereocenters. The van der Waals surface area contributed by atoms with Crippen molar-refractivity contribution in [2.75, 3.05) is 24.1 Å². The second-order valence-electron chi connectivity index (χ2n) is 9.62. The zero-order chi connectivity index (χ0) is 25.2. The van der Waals surface area contributed by atoms with Gasteiger partial charge in [0.1, 0.15) is 11.6 Å². The first-order valence-electron chi connectivity index (χ1n) is 12.2. The van der Waals surface area contributed by atoms with Crippen LogP contribution in [0.1, 0.15) is 42.6 Å². The molecule has 3 aromatic carbocycles. The Morgan fingerprint density at radius 1 is 1.11 bits per heavy atom. The van der Waals surface area contributed by atoms with Gasteiger partial charge in [-0.3, -0.25) is 9.69 Å². The Hall–Kier alpha value is -3.97. The van der Waals surface area contributed by atoms with Gasteiger partial charge in [0.2, 0.25) is 5.91 Å². The molecule has 1 aliphatic rings. The molecule has 7 heteroatoms. The summed E-state index contributed by atoms with van der Waals surface area (Å²) in [6.07, 6.45) is 3.30. The third kappa shape index (κ3) is 5.02. The van der Waals surface area contributed by atoms with Gasteiger partial charge in [0.15, 0.2) is 0 Å². The van der Waals surface area contributed by atoms with Crippen LogP contribution in [-0.2, 0) is 4.79 Å². The number of hydrogen-bond donors (Lipinski definition) is 3. The molecule has 6 nitrogen and oxygen atoms in total. The molecule has 1 amide bonds. The van der Waals surface area contributed by atoms with Gasteiger partial charge in [-0.2, -0.15) is 0 Å². The molecule has 2 atom stereocenters. The second kappa shape index (κ2) is 9.95. The SMILES string of the molecule is CC(C)N1CC(c2ccc(/C=C/C(=O)Nc3ccccc3N)cc2)C(c2nc3ccc(F)cc3[nH]2)C1. The van der Waals surface area contributed by atoms with Crippen molar-refractivity contribution in [3.8, 4) is 0 Å². The number of rotatable bonds is 6. The lowest BCUT2D eigenvalue weighted by Crippen LogP contribution is -2.28. The molecular formula is C29H30FN5O. The molecule has 36 heavy (non-hydrogen) atoms. The first-order chi connectivity index (χ1) is 17.4. The highest BCUT2D eigenvalue weighted by atomic mass is 19.1. The van der Waals surface area contributed by atoms with E-state index in [1.54, 1.807) is 24.3 Å². The van der Waals surface area contributed by atoms with E-state index >= 15 is 0 Å². The fraction of sp³-hybridized carbons (Fsp3) is 0.241. The van der Waals surface area contributed by atoms with E-state index in [9.17, 15) is 9.18 Å². The predicted molar refractivity (Wildman–Crippen MR) is 143 cm³/mol. The van der Waals surface area contributed by atoms with Crippen LogP contribution in [0.15, 0.2) is 72.8 Å². The second-order valence-corrected chi connectivity index (χ2v) is 9.62. The molecule has 4 aromatic rings. The summed E-state index contributed by atoms with van der Waals surface area (Å²) in [5.74, 6) is 0.812. The van der Waals surface area contributed by atoms with Crippen molar-refractivity contribution in [2.45, 2.75) is 31.7 Å². The fourth-order valence-electron chi connectivity index (χ4n) is 4.86. The Kier molecular flexibility index (Phi) is 6.57. The van der Waals surface area contributed by atoms with Crippen LogP contribution in [0.5, 0.6) is 0 Å². The summed E-state index contributed by atoms with van der Waals surface area (Å²) in [6, 6.07) is 20.5. The molecule has 184 valence electrons. The molecule has 0 radical (unpaired) electrons. The van der Waals surface area contributed by atoms with Gasteiger partial charge < -0.3 is 16.0 Å². The molecule has 4 N–H and O–H groups in total. The number of nitrogen functional groups attached to an aromatic ring is 1. The molecule has 0 aliphatic carbocycles. The summed E-state index contributed by atoms with van der Waals surface area (Å²) < 4.78 is 13.7. The van der Waals surface area contributed by atoms with Crippen LogP contribution in [-0.4, -0.2) is 39.9 Å². The maximum atomic E-state index is 13.7. The zero-order valence-corrected chi connectivity index (χ0v) is 20.4. The largest absolute Gasteiger partial charge is 0.397 e. The van der Waals surface area contributed by atoms with Gasteiger partial charge in [-0.1, -0.05) is 36.4 Å². The van der Waals surface area contributed by atoms with Crippen molar-refractivity contribution in [3.05, 3.63) is 95.6 Å². The number of anilines is 2. The highest BCUT2D eigenvalue weighted by Gasteiger charge is 2.37. The van der Waals surface area contributed by atoms with E-state index in [4.69, 9.17) is 10.7 Å². The summed E-state index contributed by atoms with van der Waals surface area (Å²) in [7, 11) is 0. The maximum Gasteiger partial charge on any atom is 0.248 e. The summed E-state index contributed by atoms with van der Waals surface area (Å²) in [5, 5.41) is 2.80. The minimum absolute atomic E-state index is 0.173. The molecule has 0 spiro atoms. The summed E-state index contributed by atoms with van der Waals surface area (Å²) >= 11 is 0. The predicted octanol–water partition coefficient (Wildman–Crippen LogP) is 5.53. The quantitative estimate of drug-likeness (QED) is 0.249. The molecule has 1 saturated heterocycles. The van der Waals surface area contributed by atoms with Gasteiger partial charge >= 0.3 is 0 Å². The van der Waals surface area contributed by atoms with Crippen molar-refractivity contribution in [1.29, 1.82) is 0 Å². The number of nitrogens with zero attached hydrogens (tertiary/aromatic N) is 2. The number of benzene rings is 3. The Labute approximate surface area is 210 Å². The lowest BCUT2D eigenvalue weighted by molar-refractivity contribution is -0.111. The minimum atomic E-state index is -0.269. The maximum absolute atomic E-state index is 13.7. The number of likely N-dealkylation sites (tertiary alicyclic amines) is 1. The minimum Gasteiger partial charge on any atom is -0.397 e. The van der Waals surface area contributed by atoms with E-state index in [2.05, 4.69) is 41.2 Å². The van der Waals surface area contributed by atoms with Gasteiger partial charge in [-0.05, 0) is 61.4 Å². The smallest absolute Gasteiger partial charge is 0.248 e. The fourth-order valence-corrected chi connectivity index (χ4v) is 4.86. The normalized spacial score (nSPS) is 18.4. The topological polar surface area (TPSA) is 87.0 Å². The number of halogens is 1. The number of nitrogens with one attached hydrogen (secondary N) is 2. The number of carbonyl (C=O) groups excluding carboxylic acids is 1. The number of aromatic nitrogens is 2. The summed E-state index contributed by atoms with van der Waals surface area (Å²) in [6.45, 7) is 6.21. The Bertz CT molecular complexity index is 1410. The summed E-state index contributed by atoms with van der Waals surface area (Å²) in [5.41, 5.74) is 10.7. The molecule has 0 saturated carbocycles. The van der Waals surface area contributed by atoms with Crippen LogP contribution in [0, 0.1) is 5.82 Å². The van der Waals surface area contributed by atoms with Crippen LogP contribution in [0.3, 0.4) is 0 Å². The van der Waals surface area contributed by atoms with Gasteiger partial charge in [0, 0.05) is 37.0 Å². The van der Waals surface area contributed by atoms with Crippen molar-refractivity contribution < 1.29 is 9.18 Å². The molecular weight excluding hydrogens is 453 g/mol. The molecule has 2 heterocycles. The first kappa shape index (κ1) is 23.8. The van der Waals surface area contributed by atoms with E-state index in [1.165, 1.54) is 23.8 Å². The van der Waals surface area contributed by atoms with Gasteiger partial charge in [-0.25, -0.2) is 9.37 Å². The third-order valence-electron chi connectivity index (χ3n) is 6.90. The van der Waals surface area contributed by atoms with E-state index in [0.717, 1.165) is 35.5 Å². The standard InChI is InChI=1S/C29H30FN5O/c1-18(2)35-16-22(23(17-35)29-33-26-13-12-21(30)15-27(26)34-29)20-10-7-19(8-11-20)9-14-28(36)32-25-6-4-3-5-24(25)31/h3-15,18,22-23H,16-17,31H2,1-2H3,(H,32,36)(H,33,34)/b14-9+. The van der Waals surface area contributed by atoms with Gasteiger partial charge in [-0.15, -0.1) is 0 Å². The van der Waals surface area contributed by atoms with Crippen LogP contribution in [0.2, 0.25) is 0 Å². The number of H-pyrrole nitrogens is 1. The van der Waals surface area contributed by atoms with E-state index in [0.29, 0.717) is 17.4 Å². The number of aromatic amines is 1. The number of nitrogens with two attached hydrogens (primary N) is 1. The molecule has 1 aliphatic heterocycles. The number of imidazole rings is 1. The third-order valence-corrected chi connectivity index (χ3v) is 6.90. The monoisotopic (exact) mass is 483 g/mol. The van der Waals surface area contributed by atoms with Crippen molar-refractivity contribution in [3.63, 3.8) is 0 Å².